The third kappa shape index (κ3) is 3.71. The number of fused-ring (bicyclic) bond motifs is 1. The Labute approximate surface area is 135 Å². The van der Waals surface area contributed by atoms with Gasteiger partial charge in [0, 0.05) is 31.6 Å². The van der Waals surface area contributed by atoms with Crippen molar-refractivity contribution in [3.63, 3.8) is 0 Å². The molecule has 7 heteroatoms. The van der Waals surface area contributed by atoms with E-state index >= 15 is 0 Å². The van der Waals surface area contributed by atoms with Crippen LogP contribution in [-0.2, 0) is 31.0 Å². The Hall–Kier alpha value is -1.31. The Morgan fingerprint density at radius 3 is 2.95 bits per heavy atom. The van der Waals surface area contributed by atoms with Crippen molar-refractivity contribution in [2.45, 2.75) is 59.5 Å². The maximum atomic E-state index is 5.70. The number of thiazole rings is 1. The minimum Gasteiger partial charge on any atom is -0.372 e. The number of aromatic nitrogens is 4. The maximum absolute atomic E-state index is 5.70. The summed E-state index contributed by atoms with van der Waals surface area (Å²) in [4.78, 5) is 7.00. The normalized spacial score (nSPS) is 16.0. The van der Waals surface area contributed by atoms with E-state index in [-0.39, 0.29) is 6.10 Å². The summed E-state index contributed by atoms with van der Waals surface area (Å²) < 4.78 is 7.74. The summed E-state index contributed by atoms with van der Waals surface area (Å²) in [6.07, 6.45) is 1.29. The lowest BCUT2D eigenvalue weighted by Gasteiger charge is -2.18. The van der Waals surface area contributed by atoms with Gasteiger partial charge in [-0.15, -0.1) is 16.4 Å². The highest BCUT2D eigenvalue weighted by Gasteiger charge is 2.21. The lowest BCUT2D eigenvalue weighted by molar-refractivity contribution is 0.0626. The van der Waals surface area contributed by atoms with Crippen molar-refractivity contribution in [3.8, 4) is 0 Å². The van der Waals surface area contributed by atoms with Gasteiger partial charge >= 0.3 is 0 Å². The van der Waals surface area contributed by atoms with Crippen LogP contribution in [0.4, 0.5) is 0 Å². The SMILES string of the molecule is Cc1nc(CN2CCCn3nnc(COC(C)C)c3C2)cs1. The predicted molar refractivity (Wildman–Crippen MR) is 85.5 cm³/mol. The molecule has 0 saturated heterocycles. The molecule has 0 aliphatic carbocycles. The monoisotopic (exact) mass is 321 g/mol. The van der Waals surface area contributed by atoms with Crippen LogP contribution < -0.4 is 0 Å². The number of rotatable bonds is 5. The smallest absolute Gasteiger partial charge is 0.113 e. The van der Waals surface area contributed by atoms with E-state index < -0.39 is 0 Å². The van der Waals surface area contributed by atoms with Gasteiger partial charge in [0.15, 0.2) is 0 Å². The van der Waals surface area contributed by atoms with Gasteiger partial charge in [-0.3, -0.25) is 4.90 Å². The molecule has 0 fully saturated rings. The Bertz CT molecular complexity index is 621. The first-order valence-electron chi connectivity index (χ1n) is 7.78. The molecule has 2 aromatic rings. The van der Waals surface area contributed by atoms with Gasteiger partial charge in [0.1, 0.15) is 5.69 Å². The van der Waals surface area contributed by atoms with E-state index in [1.54, 1.807) is 11.3 Å². The summed E-state index contributed by atoms with van der Waals surface area (Å²) in [5.74, 6) is 0. The van der Waals surface area contributed by atoms with Crippen molar-refractivity contribution >= 4 is 11.3 Å². The average Bonchev–Trinajstić information content (AvgIpc) is 2.98. The zero-order chi connectivity index (χ0) is 15.5. The molecule has 0 spiro atoms. The second-order valence-electron chi connectivity index (χ2n) is 5.99. The van der Waals surface area contributed by atoms with Crippen LogP contribution >= 0.6 is 11.3 Å². The van der Waals surface area contributed by atoms with Crippen molar-refractivity contribution in [2.75, 3.05) is 6.54 Å². The van der Waals surface area contributed by atoms with Crippen LogP contribution in [-0.4, -0.2) is 37.5 Å². The van der Waals surface area contributed by atoms with Crippen LogP contribution in [0, 0.1) is 6.92 Å². The van der Waals surface area contributed by atoms with E-state index in [9.17, 15) is 0 Å². The Balaban J connectivity index is 1.71. The number of aryl methyl sites for hydroxylation is 2. The molecule has 0 amide bonds. The third-order valence-corrected chi connectivity index (χ3v) is 4.56. The maximum Gasteiger partial charge on any atom is 0.113 e. The summed E-state index contributed by atoms with van der Waals surface area (Å²) >= 11 is 1.71. The molecule has 1 aliphatic heterocycles. The van der Waals surface area contributed by atoms with Crippen molar-refractivity contribution in [2.24, 2.45) is 0 Å². The first-order valence-corrected chi connectivity index (χ1v) is 8.66. The molecule has 0 atom stereocenters. The van der Waals surface area contributed by atoms with E-state index in [2.05, 4.69) is 32.5 Å². The number of hydrogen-bond donors (Lipinski definition) is 0. The molecule has 6 nitrogen and oxygen atoms in total. The summed E-state index contributed by atoms with van der Waals surface area (Å²) in [5.41, 5.74) is 3.31. The van der Waals surface area contributed by atoms with Crippen LogP contribution in [0.5, 0.6) is 0 Å². The van der Waals surface area contributed by atoms with Crippen molar-refractivity contribution in [1.82, 2.24) is 24.9 Å². The standard InChI is InChI=1S/C15H23N5OS/c1-11(2)21-9-14-15-8-19(5-4-6-20(15)18-17-14)7-13-10-22-12(3)16-13/h10-11H,4-9H2,1-3H3. The van der Waals surface area contributed by atoms with Crippen molar-refractivity contribution < 1.29 is 4.74 Å². The molecular formula is C15H23N5OS. The van der Waals surface area contributed by atoms with Crippen molar-refractivity contribution in [3.05, 3.63) is 27.5 Å². The van der Waals surface area contributed by atoms with Crippen LogP contribution in [0.25, 0.3) is 0 Å². The van der Waals surface area contributed by atoms with Gasteiger partial charge < -0.3 is 4.74 Å². The molecule has 2 aromatic heterocycles. The Morgan fingerprint density at radius 2 is 2.23 bits per heavy atom. The molecule has 1 aliphatic rings. The molecule has 22 heavy (non-hydrogen) atoms. The predicted octanol–water partition coefficient (Wildman–Crippen LogP) is 2.37. The molecule has 3 rings (SSSR count). The van der Waals surface area contributed by atoms with Gasteiger partial charge in [-0.25, -0.2) is 9.67 Å². The van der Waals surface area contributed by atoms with E-state index in [4.69, 9.17) is 4.74 Å². The minimum atomic E-state index is 0.206. The molecular weight excluding hydrogens is 298 g/mol. The van der Waals surface area contributed by atoms with Gasteiger partial charge in [-0.1, -0.05) is 5.21 Å². The topological polar surface area (TPSA) is 56.1 Å². The first kappa shape index (κ1) is 15.6. The molecule has 3 heterocycles. The van der Waals surface area contributed by atoms with E-state index in [0.717, 1.165) is 49.0 Å². The summed E-state index contributed by atoms with van der Waals surface area (Å²) in [7, 11) is 0. The van der Waals surface area contributed by atoms with Crippen molar-refractivity contribution in [1.29, 1.82) is 0 Å². The largest absolute Gasteiger partial charge is 0.372 e. The van der Waals surface area contributed by atoms with Gasteiger partial charge in [-0.2, -0.15) is 0 Å². The fourth-order valence-corrected chi connectivity index (χ4v) is 3.26. The van der Waals surface area contributed by atoms with Gasteiger partial charge in [0.2, 0.25) is 0 Å². The average molecular weight is 321 g/mol. The highest BCUT2D eigenvalue weighted by atomic mass is 32.1. The second kappa shape index (κ2) is 6.85. The van der Waals surface area contributed by atoms with Gasteiger partial charge in [0.05, 0.1) is 29.1 Å². The quantitative estimate of drug-likeness (QED) is 0.846. The van der Waals surface area contributed by atoms with Gasteiger partial charge in [-0.05, 0) is 27.2 Å². The van der Waals surface area contributed by atoms with Crippen LogP contribution in [0.3, 0.4) is 0 Å². The summed E-state index contributed by atoms with van der Waals surface area (Å²) in [6, 6.07) is 0. The van der Waals surface area contributed by atoms with Gasteiger partial charge in [0.25, 0.3) is 0 Å². The number of nitrogens with zero attached hydrogens (tertiary/aromatic N) is 5. The highest BCUT2D eigenvalue weighted by molar-refractivity contribution is 7.09. The third-order valence-electron chi connectivity index (χ3n) is 3.74. The van der Waals surface area contributed by atoms with E-state index in [1.165, 1.54) is 5.69 Å². The van der Waals surface area contributed by atoms with Crippen LogP contribution in [0.2, 0.25) is 0 Å². The Kier molecular flexibility index (Phi) is 4.85. The highest BCUT2D eigenvalue weighted by Crippen LogP contribution is 2.18. The second-order valence-corrected chi connectivity index (χ2v) is 7.05. The fraction of sp³-hybridized carbons (Fsp3) is 0.667. The summed E-state index contributed by atoms with van der Waals surface area (Å²) in [6.45, 7) is 10.4. The molecule has 0 aromatic carbocycles. The minimum absolute atomic E-state index is 0.206. The zero-order valence-corrected chi connectivity index (χ0v) is 14.3. The molecule has 0 saturated carbocycles. The molecule has 0 bridgehead atoms. The fourth-order valence-electron chi connectivity index (χ4n) is 2.66. The number of hydrogen-bond acceptors (Lipinski definition) is 6. The first-order chi connectivity index (χ1) is 10.6. The molecule has 120 valence electrons. The van der Waals surface area contributed by atoms with Crippen LogP contribution in [0.15, 0.2) is 5.38 Å². The summed E-state index contributed by atoms with van der Waals surface area (Å²) in [5, 5.41) is 11.9. The van der Waals surface area contributed by atoms with Crippen LogP contribution in [0.1, 0.15) is 42.4 Å². The Morgan fingerprint density at radius 1 is 1.36 bits per heavy atom. The zero-order valence-electron chi connectivity index (χ0n) is 13.4. The van der Waals surface area contributed by atoms with E-state index in [0.29, 0.717) is 6.61 Å². The molecule has 0 N–H and O–H groups in total. The molecule has 0 unspecified atom stereocenters. The lowest BCUT2D eigenvalue weighted by Crippen LogP contribution is -2.23. The number of ether oxygens (including phenoxy) is 1. The lowest BCUT2D eigenvalue weighted by atomic mass is 10.3. The molecule has 0 radical (unpaired) electrons. The van der Waals surface area contributed by atoms with E-state index in [1.807, 2.05) is 18.5 Å².